The van der Waals surface area contributed by atoms with Crippen LogP contribution >= 0.6 is 0 Å². The summed E-state index contributed by atoms with van der Waals surface area (Å²) in [4.78, 5) is 12.6. The van der Waals surface area contributed by atoms with Gasteiger partial charge in [0.15, 0.2) is 29.2 Å². The molecule has 0 aliphatic carbocycles. The molecule has 1 aromatic heterocycles. The predicted molar refractivity (Wildman–Crippen MR) is 140 cm³/mol. The first-order valence-corrected chi connectivity index (χ1v) is 13.0. The highest BCUT2D eigenvalue weighted by Gasteiger charge is 2.51. The molecule has 16 heteroatoms. The Morgan fingerprint density at radius 1 is 0.721 bits per heavy atom. The molecular formula is C27H30O16. The Bertz CT molecular complexity index is 1490. The van der Waals surface area contributed by atoms with Gasteiger partial charge in [0, 0.05) is 17.7 Å². The van der Waals surface area contributed by atoms with Crippen molar-refractivity contribution in [1.29, 1.82) is 0 Å². The maximum absolute atomic E-state index is 12.6. The number of rotatable bonds is 7. The molecule has 3 heterocycles. The van der Waals surface area contributed by atoms with E-state index in [2.05, 4.69) is 0 Å². The molecule has 2 fully saturated rings. The molecule has 0 spiro atoms. The molecule has 43 heavy (non-hydrogen) atoms. The minimum Gasteiger partial charge on any atom is -0.507 e. The van der Waals surface area contributed by atoms with E-state index in [-0.39, 0.29) is 16.9 Å². The topological polar surface area (TPSA) is 269 Å². The fourth-order valence-corrected chi connectivity index (χ4v) is 4.89. The van der Waals surface area contributed by atoms with Gasteiger partial charge in [0.1, 0.15) is 65.4 Å². The van der Waals surface area contributed by atoms with Crippen LogP contribution in [0.4, 0.5) is 0 Å². The van der Waals surface area contributed by atoms with Crippen LogP contribution in [0, 0.1) is 0 Å². The molecule has 0 unspecified atom stereocenters. The molecule has 0 bridgehead atoms. The van der Waals surface area contributed by atoms with Crippen molar-refractivity contribution in [2.75, 3.05) is 13.2 Å². The van der Waals surface area contributed by atoms with Crippen LogP contribution in [0.25, 0.3) is 22.3 Å². The van der Waals surface area contributed by atoms with Crippen LogP contribution in [0.2, 0.25) is 0 Å². The van der Waals surface area contributed by atoms with Crippen LogP contribution < -0.4 is 10.2 Å². The van der Waals surface area contributed by atoms with Gasteiger partial charge in [0.2, 0.25) is 12.0 Å². The van der Waals surface area contributed by atoms with Crippen LogP contribution in [0.3, 0.4) is 0 Å². The molecule has 10 N–H and O–H groups in total. The quantitative estimate of drug-likeness (QED) is 0.0985. The number of hydrogen-bond acceptors (Lipinski definition) is 16. The third-order valence-electron chi connectivity index (χ3n) is 7.29. The van der Waals surface area contributed by atoms with E-state index < -0.39 is 103 Å². The molecule has 2 aliphatic heterocycles. The van der Waals surface area contributed by atoms with Gasteiger partial charge in [0.25, 0.3) is 0 Å². The molecule has 16 nitrogen and oxygen atoms in total. The Kier molecular flexibility index (Phi) is 8.77. The number of aliphatic hydroxyl groups excluding tert-OH is 7. The zero-order valence-corrected chi connectivity index (χ0v) is 22.1. The number of ether oxygens (including phenoxy) is 4. The van der Waals surface area contributed by atoms with Crippen molar-refractivity contribution in [3.8, 4) is 34.3 Å². The fourth-order valence-electron chi connectivity index (χ4n) is 4.89. The molecule has 0 saturated carbocycles. The Hall–Kier alpha value is -3.55. The second-order valence-electron chi connectivity index (χ2n) is 10.1. The number of fused-ring (bicyclic) bond motifs is 1. The van der Waals surface area contributed by atoms with E-state index in [1.807, 2.05) is 0 Å². The number of phenols is 3. The third-order valence-corrected chi connectivity index (χ3v) is 7.29. The van der Waals surface area contributed by atoms with E-state index in [0.29, 0.717) is 5.56 Å². The highest BCUT2D eigenvalue weighted by atomic mass is 16.8. The SMILES string of the molecule is O=c1cc(-c2ccc(O[C@@H]3O[C@H](CO)[C@@H](O)[C@H](O)[C@H]3O[C@@H]3O[C@H](CO)[C@@H](O)[C@H](O)[C@@H]3O)cc2)oc2c(O)c(O)cc(O)c12. The van der Waals surface area contributed by atoms with Crippen molar-refractivity contribution in [3.05, 3.63) is 46.6 Å². The van der Waals surface area contributed by atoms with Crippen LogP contribution in [0.5, 0.6) is 23.0 Å². The van der Waals surface area contributed by atoms with Crippen LogP contribution in [0.15, 0.2) is 45.6 Å². The number of benzene rings is 2. The van der Waals surface area contributed by atoms with Gasteiger partial charge in [0.05, 0.1) is 13.2 Å². The van der Waals surface area contributed by atoms with E-state index in [1.54, 1.807) is 0 Å². The summed E-state index contributed by atoms with van der Waals surface area (Å²) in [5.74, 6) is -1.99. The number of phenolic OH excluding ortho intramolecular Hbond substituents is 3. The van der Waals surface area contributed by atoms with E-state index in [4.69, 9.17) is 23.4 Å². The minimum absolute atomic E-state index is 0.0408. The van der Waals surface area contributed by atoms with Gasteiger partial charge >= 0.3 is 0 Å². The van der Waals surface area contributed by atoms with Crippen molar-refractivity contribution >= 4 is 11.0 Å². The molecule has 0 amide bonds. The zero-order valence-electron chi connectivity index (χ0n) is 22.1. The van der Waals surface area contributed by atoms with Crippen LogP contribution in [-0.4, -0.2) is 126 Å². The van der Waals surface area contributed by atoms with Crippen molar-refractivity contribution in [1.82, 2.24) is 0 Å². The maximum atomic E-state index is 12.6. The molecule has 10 atom stereocenters. The number of aliphatic hydroxyl groups is 7. The van der Waals surface area contributed by atoms with Crippen molar-refractivity contribution < 1.29 is 74.4 Å². The van der Waals surface area contributed by atoms with Crippen molar-refractivity contribution in [2.45, 2.75) is 61.4 Å². The maximum Gasteiger partial charge on any atom is 0.229 e. The second-order valence-corrected chi connectivity index (χ2v) is 10.1. The zero-order chi connectivity index (χ0) is 31.2. The molecular weight excluding hydrogens is 580 g/mol. The molecule has 5 rings (SSSR count). The fraction of sp³-hybridized carbons (Fsp3) is 0.444. The molecule has 2 aliphatic rings. The first-order valence-electron chi connectivity index (χ1n) is 13.0. The summed E-state index contributed by atoms with van der Waals surface area (Å²) in [6.07, 6.45) is -16.2. The molecule has 0 radical (unpaired) electrons. The Morgan fingerprint density at radius 3 is 1.95 bits per heavy atom. The summed E-state index contributed by atoms with van der Waals surface area (Å²) in [5.41, 5.74) is -0.835. The predicted octanol–water partition coefficient (Wildman–Crippen LogP) is -2.42. The molecule has 3 aromatic rings. The first kappa shape index (κ1) is 30.9. The lowest BCUT2D eigenvalue weighted by Crippen LogP contribution is -2.65. The lowest BCUT2D eigenvalue weighted by molar-refractivity contribution is -0.357. The second kappa shape index (κ2) is 12.2. The van der Waals surface area contributed by atoms with Gasteiger partial charge in [-0.15, -0.1) is 0 Å². The summed E-state index contributed by atoms with van der Waals surface area (Å²) >= 11 is 0. The minimum atomic E-state index is -1.84. The first-order chi connectivity index (χ1) is 20.4. The van der Waals surface area contributed by atoms with Gasteiger partial charge < -0.3 is 74.4 Å². The van der Waals surface area contributed by atoms with E-state index in [9.17, 15) is 55.9 Å². The average molecular weight is 611 g/mol. The lowest BCUT2D eigenvalue weighted by Gasteiger charge is -2.45. The largest absolute Gasteiger partial charge is 0.507 e. The van der Waals surface area contributed by atoms with Gasteiger partial charge in [-0.25, -0.2) is 0 Å². The Morgan fingerprint density at radius 2 is 1.33 bits per heavy atom. The van der Waals surface area contributed by atoms with Gasteiger partial charge in [-0.3, -0.25) is 4.79 Å². The van der Waals surface area contributed by atoms with E-state index in [1.165, 1.54) is 24.3 Å². The average Bonchev–Trinajstić information content (AvgIpc) is 2.99. The number of hydrogen-bond donors (Lipinski definition) is 10. The van der Waals surface area contributed by atoms with E-state index >= 15 is 0 Å². The monoisotopic (exact) mass is 610 g/mol. The van der Waals surface area contributed by atoms with Crippen molar-refractivity contribution in [2.24, 2.45) is 0 Å². The van der Waals surface area contributed by atoms with Gasteiger partial charge in [-0.1, -0.05) is 0 Å². The van der Waals surface area contributed by atoms with E-state index in [0.717, 1.165) is 12.1 Å². The summed E-state index contributed by atoms with van der Waals surface area (Å²) in [7, 11) is 0. The summed E-state index contributed by atoms with van der Waals surface area (Å²) < 4.78 is 27.9. The van der Waals surface area contributed by atoms with Crippen LogP contribution in [-0.2, 0) is 14.2 Å². The summed E-state index contributed by atoms with van der Waals surface area (Å²) in [5, 5.41) is 100. The standard InChI is InChI=1S/C27H30O16/c28-7-15-19(34)21(36)23(38)26(41-15)43-25-22(37)20(35)16(8-29)42-27(25)39-10-3-1-9(2-4-10)14-6-12(31)17-11(30)5-13(32)18(33)24(17)40-14/h1-6,15-16,19-23,25-30,32-38H,7-8H2/t15-,16-,19-,20-,21+,22+,23+,25-,26+,27-/m1/s1. The molecule has 2 saturated heterocycles. The smallest absolute Gasteiger partial charge is 0.229 e. The van der Waals surface area contributed by atoms with Crippen LogP contribution in [0.1, 0.15) is 0 Å². The van der Waals surface area contributed by atoms with Gasteiger partial charge in [-0.05, 0) is 24.3 Å². The highest BCUT2D eigenvalue weighted by molar-refractivity contribution is 5.91. The number of aromatic hydroxyl groups is 3. The highest BCUT2D eigenvalue weighted by Crippen LogP contribution is 2.39. The Labute approximate surface area is 241 Å². The van der Waals surface area contributed by atoms with Crippen molar-refractivity contribution in [3.63, 3.8) is 0 Å². The summed E-state index contributed by atoms with van der Waals surface area (Å²) in [6, 6.07) is 7.51. The summed E-state index contributed by atoms with van der Waals surface area (Å²) in [6.45, 7) is -1.46. The molecule has 234 valence electrons. The van der Waals surface area contributed by atoms with Gasteiger partial charge in [-0.2, -0.15) is 0 Å². The third kappa shape index (κ3) is 5.73. The molecule has 2 aromatic carbocycles. The normalized spacial score (nSPS) is 33.0. The Balaban J connectivity index is 1.40. The lowest BCUT2D eigenvalue weighted by atomic mass is 9.97.